The maximum Gasteiger partial charge on any atom is 0.323 e. The first-order valence-corrected chi connectivity index (χ1v) is 7.58. The molecular formula is C16H18N4O3S. The van der Waals surface area contributed by atoms with E-state index in [-0.39, 0.29) is 16.9 Å². The number of ether oxygens (including phenoxy) is 2. The normalized spacial score (nSPS) is 21.3. The van der Waals surface area contributed by atoms with E-state index in [2.05, 4.69) is 19.7 Å². The summed E-state index contributed by atoms with van der Waals surface area (Å²) < 4.78 is 115. The van der Waals surface area contributed by atoms with Crippen LogP contribution in [0.1, 0.15) is 31.9 Å². The maximum atomic E-state index is 13.3. The number of rotatable bonds is 5. The quantitative estimate of drug-likeness (QED) is 0.703. The molecule has 126 valence electrons. The number of hydrogen-bond donors (Lipinski definition) is 1. The van der Waals surface area contributed by atoms with Gasteiger partial charge < -0.3 is 14.0 Å². The van der Waals surface area contributed by atoms with Gasteiger partial charge in [-0.05, 0) is 19.9 Å². The van der Waals surface area contributed by atoms with Crippen molar-refractivity contribution < 1.29 is 30.5 Å². The summed E-state index contributed by atoms with van der Waals surface area (Å²) in [5, 5.41) is -0.770. The Morgan fingerprint density at radius 3 is 3.00 bits per heavy atom. The van der Waals surface area contributed by atoms with Crippen molar-refractivity contribution in [1.29, 1.82) is 0 Å². The Balaban J connectivity index is 2.17. The molecule has 0 saturated carbocycles. The average Bonchev–Trinajstić information content (AvgIpc) is 3.05. The fourth-order valence-electron chi connectivity index (χ4n) is 1.89. The first-order chi connectivity index (χ1) is 16.3. The summed E-state index contributed by atoms with van der Waals surface area (Å²) in [6, 6.07) is -1.51. The Bertz CT molecular complexity index is 1340. The van der Waals surface area contributed by atoms with E-state index in [0.29, 0.717) is 4.98 Å². The predicted octanol–water partition coefficient (Wildman–Crippen LogP) is 2.29. The van der Waals surface area contributed by atoms with E-state index in [4.69, 9.17) is 21.2 Å². The molecule has 1 unspecified atom stereocenters. The van der Waals surface area contributed by atoms with E-state index < -0.39 is 77.1 Å². The topological polar surface area (TPSA) is 96.0 Å². The third kappa shape index (κ3) is 3.02. The van der Waals surface area contributed by atoms with Crippen molar-refractivity contribution in [3.8, 4) is 11.6 Å². The van der Waals surface area contributed by atoms with E-state index in [0.717, 1.165) is 0 Å². The Morgan fingerprint density at radius 1 is 1.38 bits per heavy atom. The first-order valence-electron chi connectivity index (χ1n) is 12.4. The molecular weight excluding hydrogens is 328 g/mol. The molecule has 0 radical (unpaired) electrons. The molecule has 3 rings (SSSR count). The fraction of sp³-hybridized carbons (Fsp3) is 0.312. The molecule has 3 aromatic rings. The molecule has 0 spiro atoms. The zero-order valence-electron chi connectivity index (χ0n) is 24.4. The van der Waals surface area contributed by atoms with Crippen molar-refractivity contribution in [3.63, 3.8) is 0 Å². The second-order valence-corrected chi connectivity index (χ2v) is 5.68. The minimum absolute atomic E-state index is 0.00879. The Hall–Kier alpha value is -2.32. The van der Waals surface area contributed by atoms with E-state index in [1.807, 2.05) is 0 Å². The SMILES string of the molecule is [2H]c1nc(C([2H])([2H])[S+]([O-])c2nc3nc(OC([2H])([2H])[2H])c([2H])c([2H])c3n2[2H])c(C)c(OC([2H])([2H])[2H])c1C. The van der Waals surface area contributed by atoms with Gasteiger partial charge in [-0.25, -0.2) is 0 Å². The molecule has 3 heterocycles. The van der Waals surface area contributed by atoms with Crippen LogP contribution in [-0.4, -0.2) is 38.6 Å². The van der Waals surface area contributed by atoms with Gasteiger partial charge in [0.1, 0.15) is 5.75 Å². The van der Waals surface area contributed by atoms with Gasteiger partial charge in [0.25, 0.3) is 0 Å². The molecule has 0 fully saturated rings. The number of nitrogens with one attached hydrogen (secondary N) is 1. The Kier molecular flexibility index (Phi) is 2.02. The lowest BCUT2D eigenvalue weighted by molar-refractivity contribution is 0.399. The van der Waals surface area contributed by atoms with Crippen LogP contribution in [0.2, 0.25) is 1.41 Å². The van der Waals surface area contributed by atoms with Crippen LogP contribution in [0.15, 0.2) is 23.4 Å². The molecule has 0 bridgehead atoms. The van der Waals surface area contributed by atoms with Crippen molar-refractivity contribution in [2.75, 3.05) is 14.1 Å². The lowest BCUT2D eigenvalue weighted by Gasteiger charge is -2.13. The number of H-pyrrole nitrogens is 1. The van der Waals surface area contributed by atoms with Crippen LogP contribution < -0.4 is 9.47 Å². The van der Waals surface area contributed by atoms with Gasteiger partial charge in [-0.2, -0.15) is 9.97 Å². The van der Waals surface area contributed by atoms with Gasteiger partial charge in [0.05, 0.1) is 40.4 Å². The van der Waals surface area contributed by atoms with Gasteiger partial charge in [-0.15, -0.1) is 0 Å². The van der Waals surface area contributed by atoms with Crippen LogP contribution in [0.3, 0.4) is 0 Å². The lowest BCUT2D eigenvalue weighted by atomic mass is 10.1. The van der Waals surface area contributed by atoms with Crippen molar-refractivity contribution in [1.82, 2.24) is 19.9 Å². The lowest BCUT2D eigenvalue weighted by Crippen LogP contribution is -2.10. The van der Waals surface area contributed by atoms with Crippen LogP contribution in [-0.2, 0) is 16.9 Å². The van der Waals surface area contributed by atoms with Gasteiger partial charge >= 0.3 is 5.16 Å². The molecule has 0 aliphatic rings. The van der Waals surface area contributed by atoms with Crippen LogP contribution in [0.4, 0.5) is 0 Å². The average molecular weight is 358 g/mol. The zero-order valence-corrected chi connectivity index (χ0v) is 13.2. The van der Waals surface area contributed by atoms with Gasteiger partial charge in [0.15, 0.2) is 12.8 Å². The zero-order chi connectivity index (χ0) is 27.5. The smallest absolute Gasteiger partial charge is 0.323 e. The largest absolute Gasteiger partial charge is 0.609 e. The standard InChI is InChI=1S/C16H18N4O3S/c1-9-7-17-12(10(2)14(9)23-4)8-24(21)16-18-11-5-6-13(22-3)19-15(11)20-16/h5-7H,8H2,1-4H3,(H,18,19,20)/i3D3,4D3,5D,6D,7D,8D2/hD. The summed E-state index contributed by atoms with van der Waals surface area (Å²) in [6.07, 6.45) is -0.532. The minimum atomic E-state index is -3.01. The second-order valence-electron chi connectivity index (χ2n) is 4.57. The van der Waals surface area contributed by atoms with Crippen LogP contribution in [0, 0.1) is 13.8 Å². The Labute approximate surface area is 159 Å². The number of aromatic nitrogens is 4. The predicted molar refractivity (Wildman–Crippen MR) is 90.8 cm³/mol. The van der Waals surface area contributed by atoms with Gasteiger partial charge in [-0.3, -0.25) is 9.96 Å². The summed E-state index contributed by atoms with van der Waals surface area (Å²) >= 11 is -2.87. The fourth-order valence-corrected chi connectivity index (χ4v) is 2.70. The van der Waals surface area contributed by atoms with Crippen molar-refractivity contribution in [2.45, 2.75) is 24.7 Å². The van der Waals surface area contributed by atoms with Gasteiger partial charge in [0, 0.05) is 34.5 Å². The van der Waals surface area contributed by atoms with E-state index in [1.54, 1.807) is 0 Å². The summed E-state index contributed by atoms with van der Waals surface area (Å²) in [6.45, 7) is 2.62. The molecule has 24 heavy (non-hydrogen) atoms. The number of aromatic amines is 1. The van der Waals surface area contributed by atoms with Crippen LogP contribution >= 0.6 is 0 Å². The van der Waals surface area contributed by atoms with Gasteiger partial charge in [0.2, 0.25) is 5.88 Å². The molecule has 0 amide bonds. The molecule has 0 aromatic carbocycles. The van der Waals surface area contributed by atoms with E-state index in [1.165, 1.54) is 13.8 Å². The minimum Gasteiger partial charge on any atom is -0.609 e. The van der Waals surface area contributed by atoms with Crippen LogP contribution in [0.5, 0.6) is 11.6 Å². The van der Waals surface area contributed by atoms with E-state index in [9.17, 15) is 4.55 Å². The molecule has 3 aromatic heterocycles. The van der Waals surface area contributed by atoms with Crippen molar-refractivity contribution >= 4 is 22.3 Å². The summed E-state index contributed by atoms with van der Waals surface area (Å²) in [7, 11) is -5.94. The number of methoxy groups -OCH3 is 2. The third-order valence-corrected chi connectivity index (χ3v) is 3.93. The second kappa shape index (κ2) is 6.66. The highest BCUT2D eigenvalue weighted by Gasteiger charge is 2.21. The van der Waals surface area contributed by atoms with Crippen molar-refractivity contribution in [3.05, 3.63) is 35.1 Å². The first kappa shape index (κ1) is 7.28. The van der Waals surface area contributed by atoms with Crippen LogP contribution in [0.25, 0.3) is 11.2 Å². The monoisotopic (exact) mass is 358 g/mol. The molecule has 8 heteroatoms. The number of hydrogen-bond acceptors (Lipinski definition) is 6. The van der Waals surface area contributed by atoms with E-state index >= 15 is 0 Å². The summed E-state index contributed by atoms with van der Waals surface area (Å²) in [5.41, 5.74) is -4.65. The Morgan fingerprint density at radius 2 is 2.21 bits per heavy atom. The molecule has 7 nitrogen and oxygen atoms in total. The van der Waals surface area contributed by atoms with Crippen molar-refractivity contribution in [2.24, 2.45) is 0 Å². The molecule has 1 atom stereocenters. The highest BCUT2D eigenvalue weighted by molar-refractivity contribution is 7.90. The highest BCUT2D eigenvalue weighted by Crippen LogP contribution is 2.26. The summed E-state index contributed by atoms with van der Waals surface area (Å²) in [4.78, 5) is 11.7. The number of nitrogens with zero attached hydrogens (tertiary/aromatic N) is 3. The molecule has 0 aliphatic carbocycles. The molecule has 0 aliphatic heterocycles. The highest BCUT2D eigenvalue weighted by atomic mass is 32.2. The summed E-state index contributed by atoms with van der Waals surface area (Å²) in [5.74, 6) is -1.13. The third-order valence-electron chi connectivity index (χ3n) is 3.04. The number of imidazole rings is 1. The molecule has 0 saturated heterocycles. The molecule has 1 N–H and O–H groups in total. The number of pyridine rings is 2. The van der Waals surface area contributed by atoms with Gasteiger partial charge in [-0.1, -0.05) is 0 Å². The number of fused-ring (bicyclic) bond motifs is 1. The maximum absolute atomic E-state index is 13.3.